The van der Waals surface area contributed by atoms with Gasteiger partial charge in [0.25, 0.3) is 0 Å². The Hall–Kier alpha value is -1.34. The van der Waals surface area contributed by atoms with Crippen molar-refractivity contribution in [3.8, 4) is 12.3 Å². The summed E-state index contributed by atoms with van der Waals surface area (Å²) in [5.74, 6) is 3.94. The predicted octanol–water partition coefficient (Wildman–Crippen LogP) is 1.22. The first-order valence-corrected chi connectivity index (χ1v) is 4.44. The van der Waals surface area contributed by atoms with Crippen LogP contribution in [0.15, 0.2) is 4.52 Å². The first-order valence-electron chi connectivity index (χ1n) is 4.44. The van der Waals surface area contributed by atoms with Gasteiger partial charge in [-0.15, -0.1) is 6.42 Å². The molecule has 0 bridgehead atoms. The second kappa shape index (κ2) is 3.81. The molecule has 0 aliphatic rings. The topological polar surface area (TPSA) is 42.2 Å². The molecule has 0 aliphatic heterocycles. The number of aryl methyl sites for hydroxylation is 1. The normalized spacial score (nSPS) is 11.7. The van der Waals surface area contributed by atoms with Crippen LogP contribution < -0.4 is 0 Å². The highest BCUT2D eigenvalue weighted by Gasteiger charge is 2.22. The molecule has 1 aromatic heterocycles. The van der Waals surface area contributed by atoms with Gasteiger partial charge in [-0.25, -0.2) is 0 Å². The number of rotatable bonds is 3. The number of aromatic nitrogens is 2. The zero-order valence-corrected chi connectivity index (χ0v) is 9.03. The predicted molar refractivity (Wildman–Crippen MR) is 53.4 cm³/mol. The average Bonchev–Trinajstić information content (AvgIpc) is 2.51. The van der Waals surface area contributed by atoms with Gasteiger partial charge in [0, 0.05) is 0 Å². The van der Waals surface area contributed by atoms with Crippen LogP contribution >= 0.6 is 0 Å². The summed E-state index contributed by atoms with van der Waals surface area (Å²) in [4.78, 5) is 6.10. The monoisotopic (exact) mass is 193 g/mol. The molecular formula is C10H15N3O. The third kappa shape index (κ3) is 2.33. The number of terminal acetylenes is 1. The minimum atomic E-state index is -0.303. The summed E-state index contributed by atoms with van der Waals surface area (Å²) in [6.45, 7) is 6.30. The van der Waals surface area contributed by atoms with E-state index in [1.165, 1.54) is 0 Å². The Bertz CT molecular complexity index is 348. The molecule has 4 nitrogen and oxygen atoms in total. The van der Waals surface area contributed by atoms with Crippen molar-refractivity contribution in [2.75, 3.05) is 7.05 Å². The molecule has 4 heteroatoms. The van der Waals surface area contributed by atoms with Gasteiger partial charge < -0.3 is 4.52 Å². The smallest absolute Gasteiger partial charge is 0.240 e. The van der Waals surface area contributed by atoms with Crippen molar-refractivity contribution in [2.45, 2.75) is 32.9 Å². The van der Waals surface area contributed by atoms with Crippen molar-refractivity contribution in [2.24, 2.45) is 0 Å². The molecule has 0 atom stereocenters. The number of hydrogen-bond acceptors (Lipinski definition) is 4. The first-order chi connectivity index (χ1) is 6.45. The van der Waals surface area contributed by atoms with Crippen LogP contribution in [0.1, 0.15) is 25.6 Å². The lowest BCUT2D eigenvalue weighted by Gasteiger charge is -2.29. The maximum Gasteiger partial charge on any atom is 0.240 e. The third-order valence-electron chi connectivity index (χ3n) is 2.25. The molecule has 0 radical (unpaired) electrons. The van der Waals surface area contributed by atoms with Gasteiger partial charge in [0.15, 0.2) is 5.82 Å². The van der Waals surface area contributed by atoms with Gasteiger partial charge in [0.2, 0.25) is 5.89 Å². The van der Waals surface area contributed by atoms with Crippen LogP contribution in [-0.2, 0) is 6.54 Å². The van der Waals surface area contributed by atoms with E-state index in [2.05, 4.69) is 16.1 Å². The van der Waals surface area contributed by atoms with Crippen LogP contribution in [0.4, 0.5) is 0 Å². The number of hydrogen-bond donors (Lipinski definition) is 0. The Morgan fingerprint density at radius 3 is 2.64 bits per heavy atom. The summed E-state index contributed by atoms with van der Waals surface area (Å²) < 4.78 is 5.00. The molecule has 76 valence electrons. The zero-order valence-electron chi connectivity index (χ0n) is 9.03. The summed E-state index contributed by atoms with van der Waals surface area (Å²) in [7, 11) is 1.93. The van der Waals surface area contributed by atoms with Gasteiger partial charge in [-0.1, -0.05) is 11.1 Å². The Morgan fingerprint density at radius 1 is 1.57 bits per heavy atom. The SMILES string of the molecule is C#CC(C)(C)N(C)Cc1nc(C)no1. The van der Waals surface area contributed by atoms with Gasteiger partial charge in [-0.2, -0.15) is 4.98 Å². The van der Waals surface area contributed by atoms with E-state index in [-0.39, 0.29) is 5.54 Å². The van der Waals surface area contributed by atoms with Crippen molar-refractivity contribution < 1.29 is 4.52 Å². The summed E-state index contributed by atoms with van der Waals surface area (Å²) in [6.07, 6.45) is 5.41. The molecule has 14 heavy (non-hydrogen) atoms. The molecule has 1 aromatic rings. The Balaban J connectivity index is 2.67. The van der Waals surface area contributed by atoms with E-state index in [1.54, 1.807) is 6.92 Å². The van der Waals surface area contributed by atoms with E-state index in [1.807, 2.05) is 25.8 Å². The lowest BCUT2D eigenvalue weighted by molar-refractivity contribution is 0.179. The molecule has 1 rings (SSSR count). The molecule has 0 aliphatic carbocycles. The van der Waals surface area contributed by atoms with E-state index >= 15 is 0 Å². The Morgan fingerprint density at radius 2 is 2.21 bits per heavy atom. The molecule has 0 fully saturated rings. The summed E-state index contributed by atoms with van der Waals surface area (Å²) in [5, 5.41) is 3.71. The molecule has 0 N–H and O–H groups in total. The molecule has 0 aromatic carbocycles. The summed E-state index contributed by atoms with van der Waals surface area (Å²) in [6, 6.07) is 0. The Kier molecular flexibility index (Phi) is 2.92. The average molecular weight is 193 g/mol. The van der Waals surface area contributed by atoms with E-state index in [4.69, 9.17) is 10.9 Å². The van der Waals surface area contributed by atoms with E-state index < -0.39 is 0 Å². The minimum Gasteiger partial charge on any atom is -0.338 e. The van der Waals surface area contributed by atoms with Crippen LogP contribution in [0, 0.1) is 19.3 Å². The molecular weight excluding hydrogens is 178 g/mol. The van der Waals surface area contributed by atoms with Crippen molar-refractivity contribution in [1.82, 2.24) is 15.0 Å². The summed E-state index contributed by atoms with van der Waals surface area (Å²) in [5.41, 5.74) is -0.303. The first kappa shape index (κ1) is 10.7. The van der Waals surface area contributed by atoms with Crippen LogP contribution in [-0.4, -0.2) is 27.6 Å². The molecule has 0 unspecified atom stereocenters. The molecule has 0 saturated heterocycles. The van der Waals surface area contributed by atoms with Crippen LogP contribution in [0.5, 0.6) is 0 Å². The second-order valence-corrected chi connectivity index (χ2v) is 3.79. The van der Waals surface area contributed by atoms with Crippen LogP contribution in [0.2, 0.25) is 0 Å². The van der Waals surface area contributed by atoms with E-state index in [9.17, 15) is 0 Å². The lowest BCUT2D eigenvalue weighted by atomic mass is 10.1. The van der Waals surface area contributed by atoms with Crippen LogP contribution in [0.3, 0.4) is 0 Å². The fourth-order valence-corrected chi connectivity index (χ4v) is 0.915. The second-order valence-electron chi connectivity index (χ2n) is 3.79. The zero-order chi connectivity index (χ0) is 10.8. The van der Waals surface area contributed by atoms with Gasteiger partial charge in [-0.3, -0.25) is 4.90 Å². The molecule has 0 spiro atoms. The molecule has 1 heterocycles. The maximum absolute atomic E-state index is 5.41. The van der Waals surface area contributed by atoms with Crippen molar-refractivity contribution in [3.63, 3.8) is 0 Å². The summed E-state index contributed by atoms with van der Waals surface area (Å²) >= 11 is 0. The van der Waals surface area contributed by atoms with Crippen molar-refractivity contribution in [1.29, 1.82) is 0 Å². The fraction of sp³-hybridized carbons (Fsp3) is 0.600. The van der Waals surface area contributed by atoms with Gasteiger partial charge in [-0.05, 0) is 27.8 Å². The van der Waals surface area contributed by atoms with Crippen LogP contribution in [0.25, 0.3) is 0 Å². The van der Waals surface area contributed by atoms with Gasteiger partial charge in [0.1, 0.15) is 0 Å². The quantitative estimate of drug-likeness (QED) is 0.677. The minimum absolute atomic E-state index is 0.303. The fourth-order valence-electron chi connectivity index (χ4n) is 0.915. The molecule has 0 amide bonds. The van der Waals surface area contributed by atoms with Crippen molar-refractivity contribution >= 4 is 0 Å². The van der Waals surface area contributed by atoms with E-state index in [0.717, 1.165) is 0 Å². The Labute approximate surface area is 84.3 Å². The highest BCUT2D eigenvalue weighted by Crippen LogP contribution is 2.13. The molecule has 0 saturated carbocycles. The standard InChI is InChI=1S/C10H15N3O/c1-6-10(3,4)13(5)7-9-11-8(2)12-14-9/h1H,7H2,2-5H3. The van der Waals surface area contributed by atoms with E-state index in [0.29, 0.717) is 18.3 Å². The lowest BCUT2D eigenvalue weighted by Crippen LogP contribution is -2.39. The van der Waals surface area contributed by atoms with Crippen molar-refractivity contribution in [3.05, 3.63) is 11.7 Å². The largest absolute Gasteiger partial charge is 0.338 e. The number of nitrogens with zero attached hydrogens (tertiary/aromatic N) is 3. The highest BCUT2D eigenvalue weighted by molar-refractivity contribution is 5.08. The van der Waals surface area contributed by atoms with Gasteiger partial charge in [0.05, 0.1) is 12.1 Å². The highest BCUT2D eigenvalue weighted by atomic mass is 16.5. The van der Waals surface area contributed by atoms with Gasteiger partial charge >= 0.3 is 0 Å². The third-order valence-corrected chi connectivity index (χ3v) is 2.25. The maximum atomic E-state index is 5.41.